The van der Waals surface area contributed by atoms with Crippen LogP contribution in [0.4, 0.5) is 11.4 Å². The number of rotatable bonds is 5. The van der Waals surface area contributed by atoms with Gasteiger partial charge in [-0.1, -0.05) is 72.3 Å². The Morgan fingerprint density at radius 1 is 0.829 bits per heavy atom. The summed E-state index contributed by atoms with van der Waals surface area (Å²) in [4.78, 5) is 30.1. The molecule has 5 rings (SSSR count). The van der Waals surface area contributed by atoms with Gasteiger partial charge in [0.25, 0.3) is 5.91 Å². The predicted molar refractivity (Wildman–Crippen MR) is 138 cm³/mol. The SMILES string of the molecule is COC(=O)c1ccc([C@H]2N(Cc3ccccc3)c3ccccc3C(=O)N2c2ccc(C)cc2)cc1. The molecule has 0 unspecified atom stereocenters. The number of benzene rings is 4. The van der Waals surface area contributed by atoms with Crippen LogP contribution < -0.4 is 9.80 Å². The van der Waals surface area contributed by atoms with Crippen LogP contribution in [0.1, 0.15) is 43.6 Å². The van der Waals surface area contributed by atoms with Crippen molar-refractivity contribution in [1.29, 1.82) is 0 Å². The highest BCUT2D eigenvalue weighted by molar-refractivity contribution is 6.12. The number of aryl methyl sites for hydroxylation is 1. The van der Waals surface area contributed by atoms with E-state index in [1.165, 1.54) is 7.11 Å². The zero-order valence-corrected chi connectivity index (χ0v) is 19.7. The summed E-state index contributed by atoms with van der Waals surface area (Å²) in [7, 11) is 1.37. The molecule has 0 bridgehead atoms. The second-order valence-electron chi connectivity index (χ2n) is 8.63. The highest BCUT2D eigenvalue weighted by Crippen LogP contribution is 2.42. The lowest BCUT2D eigenvalue weighted by molar-refractivity contribution is 0.0600. The number of carbonyl (C=O) groups is 2. The number of fused-ring (bicyclic) bond motifs is 1. The Labute approximate surface area is 205 Å². The lowest BCUT2D eigenvalue weighted by Gasteiger charge is -2.46. The first kappa shape index (κ1) is 22.4. The molecule has 4 aromatic rings. The number of hydrogen-bond donors (Lipinski definition) is 0. The van der Waals surface area contributed by atoms with Crippen molar-refractivity contribution >= 4 is 23.3 Å². The maximum atomic E-state index is 13.9. The molecule has 0 saturated heterocycles. The normalized spacial score (nSPS) is 15.0. The number of hydrogen-bond acceptors (Lipinski definition) is 4. The van der Waals surface area contributed by atoms with Gasteiger partial charge >= 0.3 is 5.97 Å². The lowest BCUT2D eigenvalue weighted by Crippen LogP contribution is -2.49. The number of anilines is 2. The quantitative estimate of drug-likeness (QED) is 0.334. The zero-order valence-electron chi connectivity index (χ0n) is 19.7. The first-order chi connectivity index (χ1) is 17.1. The van der Waals surface area contributed by atoms with Gasteiger partial charge in [0.15, 0.2) is 0 Å². The number of ether oxygens (including phenoxy) is 1. The Morgan fingerprint density at radius 3 is 2.17 bits per heavy atom. The van der Waals surface area contributed by atoms with Crippen LogP contribution in [0, 0.1) is 6.92 Å². The topological polar surface area (TPSA) is 49.9 Å². The molecule has 0 spiro atoms. The van der Waals surface area contributed by atoms with Crippen LogP contribution >= 0.6 is 0 Å². The molecule has 1 heterocycles. The van der Waals surface area contributed by atoms with Gasteiger partial charge in [0.05, 0.1) is 23.9 Å². The number of esters is 1. The Bertz CT molecular complexity index is 1350. The molecule has 5 nitrogen and oxygen atoms in total. The minimum atomic E-state index is -0.410. The van der Waals surface area contributed by atoms with Crippen LogP contribution in [0.15, 0.2) is 103 Å². The Balaban J connectivity index is 1.69. The molecule has 4 aromatic carbocycles. The van der Waals surface area contributed by atoms with Crippen molar-refractivity contribution in [2.24, 2.45) is 0 Å². The monoisotopic (exact) mass is 462 g/mol. The first-order valence-electron chi connectivity index (χ1n) is 11.5. The molecule has 1 aliphatic heterocycles. The molecule has 0 N–H and O–H groups in total. The van der Waals surface area contributed by atoms with Crippen LogP contribution in [-0.4, -0.2) is 19.0 Å². The molecule has 0 radical (unpaired) electrons. The molecule has 1 atom stereocenters. The summed E-state index contributed by atoms with van der Waals surface area (Å²) in [5.74, 6) is -0.450. The van der Waals surface area contributed by atoms with E-state index in [1.807, 2.05) is 90.7 Å². The molecule has 0 saturated carbocycles. The van der Waals surface area contributed by atoms with E-state index in [2.05, 4.69) is 17.0 Å². The van der Waals surface area contributed by atoms with Crippen LogP contribution in [0.3, 0.4) is 0 Å². The van der Waals surface area contributed by atoms with Gasteiger partial charge in [0.2, 0.25) is 0 Å². The highest BCUT2D eigenvalue weighted by atomic mass is 16.5. The second kappa shape index (κ2) is 9.47. The largest absolute Gasteiger partial charge is 0.465 e. The van der Waals surface area contributed by atoms with Crippen molar-refractivity contribution in [1.82, 2.24) is 0 Å². The van der Waals surface area contributed by atoms with Gasteiger partial charge in [-0.25, -0.2) is 4.79 Å². The third-order valence-corrected chi connectivity index (χ3v) is 6.34. The molecule has 1 amide bonds. The summed E-state index contributed by atoms with van der Waals surface area (Å²) >= 11 is 0. The summed E-state index contributed by atoms with van der Waals surface area (Å²) in [5.41, 5.74) is 5.98. The highest BCUT2D eigenvalue weighted by Gasteiger charge is 2.39. The average Bonchev–Trinajstić information content (AvgIpc) is 2.91. The molecule has 0 aromatic heterocycles. The predicted octanol–water partition coefficient (Wildman–Crippen LogP) is 6.15. The van der Waals surface area contributed by atoms with Gasteiger partial charge in [0.1, 0.15) is 6.17 Å². The minimum absolute atomic E-state index is 0.0594. The fourth-order valence-electron chi connectivity index (χ4n) is 4.57. The molecule has 1 aliphatic rings. The van der Waals surface area contributed by atoms with Crippen LogP contribution in [-0.2, 0) is 11.3 Å². The number of para-hydroxylation sites is 1. The molecular weight excluding hydrogens is 436 g/mol. The van der Waals surface area contributed by atoms with E-state index in [9.17, 15) is 9.59 Å². The number of amides is 1. The standard InChI is InChI=1S/C30H26N2O3/c1-21-12-18-25(19-13-21)32-28(23-14-16-24(17-15-23)30(34)35-2)31(20-22-8-4-3-5-9-22)27-11-7-6-10-26(27)29(32)33/h3-19,28H,20H2,1-2H3/t28-/m0/s1. The van der Waals surface area contributed by atoms with Crippen LogP contribution in [0.2, 0.25) is 0 Å². The van der Waals surface area contributed by atoms with E-state index < -0.39 is 12.1 Å². The van der Waals surface area contributed by atoms with Gasteiger partial charge < -0.3 is 9.64 Å². The van der Waals surface area contributed by atoms with Crippen LogP contribution in [0.5, 0.6) is 0 Å². The van der Waals surface area contributed by atoms with Crippen molar-refractivity contribution in [2.75, 3.05) is 16.9 Å². The van der Waals surface area contributed by atoms with E-state index in [1.54, 1.807) is 12.1 Å². The molecule has 35 heavy (non-hydrogen) atoms. The van der Waals surface area contributed by atoms with Crippen molar-refractivity contribution in [3.05, 3.63) is 131 Å². The second-order valence-corrected chi connectivity index (χ2v) is 8.63. The maximum Gasteiger partial charge on any atom is 0.337 e. The molecule has 0 fully saturated rings. The number of carbonyl (C=O) groups excluding carboxylic acids is 2. The molecule has 5 heteroatoms. The van der Waals surface area contributed by atoms with Crippen LogP contribution in [0.25, 0.3) is 0 Å². The zero-order chi connectivity index (χ0) is 24.4. The van der Waals surface area contributed by atoms with Crippen molar-refractivity contribution in [2.45, 2.75) is 19.6 Å². The smallest absolute Gasteiger partial charge is 0.337 e. The summed E-state index contributed by atoms with van der Waals surface area (Å²) in [6.07, 6.45) is -0.410. The first-order valence-corrected chi connectivity index (χ1v) is 11.5. The van der Waals surface area contributed by atoms with E-state index in [0.717, 1.165) is 28.1 Å². The average molecular weight is 463 g/mol. The summed E-state index contributed by atoms with van der Waals surface area (Å²) in [6.45, 7) is 2.64. The summed E-state index contributed by atoms with van der Waals surface area (Å²) in [6, 6.07) is 33.3. The molecular formula is C30H26N2O3. The van der Waals surface area contributed by atoms with Crippen molar-refractivity contribution in [3.8, 4) is 0 Å². The lowest BCUT2D eigenvalue weighted by atomic mass is 9.98. The Morgan fingerprint density at radius 2 is 1.49 bits per heavy atom. The number of methoxy groups -OCH3 is 1. The third kappa shape index (κ3) is 4.28. The third-order valence-electron chi connectivity index (χ3n) is 6.34. The molecule has 0 aliphatic carbocycles. The fraction of sp³-hybridized carbons (Fsp3) is 0.133. The van der Waals surface area contributed by atoms with Gasteiger partial charge in [0, 0.05) is 12.2 Å². The molecule has 174 valence electrons. The van der Waals surface area contributed by atoms with E-state index in [4.69, 9.17) is 4.74 Å². The van der Waals surface area contributed by atoms with Crippen molar-refractivity contribution < 1.29 is 14.3 Å². The van der Waals surface area contributed by atoms with E-state index in [-0.39, 0.29) is 5.91 Å². The number of nitrogens with zero attached hydrogens (tertiary/aromatic N) is 2. The Kier molecular flexibility index (Phi) is 6.06. The van der Waals surface area contributed by atoms with E-state index >= 15 is 0 Å². The summed E-state index contributed by atoms with van der Waals surface area (Å²) in [5, 5.41) is 0. The Hall–Kier alpha value is -4.38. The van der Waals surface area contributed by atoms with Crippen molar-refractivity contribution in [3.63, 3.8) is 0 Å². The van der Waals surface area contributed by atoms with Gasteiger partial charge in [-0.15, -0.1) is 0 Å². The maximum absolute atomic E-state index is 13.9. The van der Waals surface area contributed by atoms with Gasteiger partial charge in [-0.05, 0) is 54.4 Å². The van der Waals surface area contributed by atoms with Gasteiger partial charge in [-0.3, -0.25) is 9.69 Å². The fourth-order valence-corrected chi connectivity index (χ4v) is 4.57. The minimum Gasteiger partial charge on any atom is -0.465 e. The summed E-state index contributed by atoms with van der Waals surface area (Å²) < 4.78 is 4.87. The van der Waals surface area contributed by atoms with E-state index in [0.29, 0.717) is 17.7 Å². The van der Waals surface area contributed by atoms with Gasteiger partial charge in [-0.2, -0.15) is 0 Å².